The third kappa shape index (κ3) is 5.64. The molecule has 2 amide bonds. The van der Waals surface area contributed by atoms with Gasteiger partial charge in [0, 0.05) is 32.9 Å². The van der Waals surface area contributed by atoms with Crippen LogP contribution in [0.1, 0.15) is 26.3 Å². The maximum Gasteiger partial charge on any atom is 0.252 e. The fraction of sp³-hybridized carbons (Fsp3) is 0.333. The van der Waals surface area contributed by atoms with Crippen molar-refractivity contribution in [3.05, 3.63) is 59.2 Å². The molecule has 6 nitrogen and oxygen atoms in total. The summed E-state index contributed by atoms with van der Waals surface area (Å²) in [4.78, 5) is 24.7. The molecule has 0 saturated heterocycles. The average molecular weight is 369 g/mol. The monoisotopic (exact) mass is 369 g/mol. The lowest BCUT2D eigenvalue weighted by atomic mass is 9.95. The number of nitrogens with one attached hydrogen (secondary N) is 2. The van der Waals surface area contributed by atoms with Gasteiger partial charge in [0.05, 0.1) is 18.8 Å². The van der Waals surface area contributed by atoms with Gasteiger partial charge in [-0.05, 0) is 35.7 Å². The van der Waals surface area contributed by atoms with E-state index in [1.165, 1.54) is 0 Å². The minimum Gasteiger partial charge on any atom is -0.383 e. The third-order valence-corrected chi connectivity index (χ3v) is 4.05. The Morgan fingerprint density at radius 3 is 2.30 bits per heavy atom. The number of methoxy groups -OCH3 is 2. The molecular weight excluding hydrogens is 344 g/mol. The van der Waals surface area contributed by atoms with E-state index in [1.807, 2.05) is 31.2 Å². The summed E-state index contributed by atoms with van der Waals surface area (Å²) in [6.07, 6.45) is 0. The van der Waals surface area contributed by atoms with Crippen molar-refractivity contribution in [1.29, 1.82) is 0 Å². The smallest absolute Gasteiger partial charge is 0.252 e. The first-order chi connectivity index (χ1) is 13.1. The van der Waals surface area contributed by atoms with Gasteiger partial charge in [-0.1, -0.05) is 30.3 Å². The van der Waals surface area contributed by atoms with E-state index in [0.29, 0.717) is 37.4 Å². The van der Waals surface area contributed by atoms with Crippen LogP contribution < -0.4 is 10.6 Å². The minimum atomic E-state index is -0.207. The van der Waals surface area contributed by atoms with Crippen LogP contribution in [0.25, 0.3) is 11.1 Å². The molecule has 2 N–H and O–H groups in total. The van der Waals surface area contributed by atoms with Crippen molar-refractivity contribution < 1.29 is 19.1 Å². The number of aryl methyl sites for hydroxylation is 1. The van der Waals surface area contributed by atoms with Crippen molar-refractivity contribution in [2.24, 2.45) is 0 Å². The summed E-state index contributed by atoms with van der Waals surface area (Å²) in [7, 11) is 3.17. The van der Waals surface area contributed by atoms with Crippen LogP contribution in [-0.4, -0.2) is 52.3 Å². The van der Waals surface area contributed by atoms with Gasteiger partial charge in [0.25, 0.3) is 11.8 Å². The second-order valence-electron chi connectivity index (χ2n) is 5.99. The Kier molecular flexibility index (Phi) is 7.98. The van der Waals surface area contributed by atoms with Crippen LogP contribution in [0.4, 0.5) is 0 Å². The summed E-state index contributed by atoms with van der Waals surface area (Å²) in [6.45, 7) is 3.66. The van der Waals surface area contributed by atoms with Crippen molar-refractivity contribution in [2.75, 3.05) is 40.5 Å². The molecule has 2 rings (SSSR count). The van der Waals surface area contributed by atoms with Crippen LogP contribution in [0, 0.1) is 13.0 Å². The standard InChI is InChI=1S/C21H25N2O4/c1-15-14-16(8-9-17(15)20(24)22-10-12-26-2)18-6-4-5-7-19(18)21(25)23-11-13-27-3/h4-6,8-9,14H,10-13H2,1-3H3,(H,22,24)(H,23,25). The Morgan fingerprint density at radius 1 is 1.00 bits per heavy atom. The number of carbonyl (C=O) groups excluding carboxylic acids is 2. The third-order valence-electron chi connectivity index (χ3n) is 4.05. The van der Waals surface area contributed by atoms with Crippen molar-refractivity contribution in [3.63, 3.8) is 0 Å². The maximum atomic E-state index is 12.4. The van der Waals surface area contributed by atoms with E-state index in [0.717, 1.165) is 16.7 Å². The summed E-state index contributed by atoms with van der Waals surface area (Å²) in [5.74, 6) is -0.352. The highest BCUT2D eigenvalue weighted by molar-refractivity contribution is 6.01. The van der Waals surface area contributed by atoms with Gasteiger partial charge < -0.3 is 20.1 Å². The van der Waals surface area contributed by atoms with E-state index in [9.17, 15) is 9.59 Å². The molecule has 2 aromatic carbocycles. The summed E-state index contributed by atoms with van der Waals surface area (Å²) in [5, 5.41) is 5.62. The van der Waals surface area contributed by atoms with Crippen molar-refractivity contribution in [3.8, 4) is 11.1 Å². The summed E-state index contributed by atoms with van der Waals surface area (Å²) < 4.78 is 9.90. The van der Waals surface area contributed by atoms with Crippen molar-refractivity contribution >= 4 is 11.8 Å². The average Bonchev–Trinajstić information content (AvgIpc) is 2.68. The lowest BCUT2D eigenvalue weighted by molar-refractivity contribution is 0.0929. The Labute approximate surface area is 159 Å². The largest absolute Gasteiger partial charge is 0.383 e. The zero-order chi connectivity index (χ0) is 19.6. The molecule has 0 unspecified atom stereocenters. The van der Waals surface area contributed by atoms with Crippen molar-refractivity contribution in [1.82, 2.24) is 10.6 Å². The highest BCUT2D eigenvalue weighted by atomic mass is 16.5. The van der Waals surface area contributed by atoms with Crippen LogP contribution in [-0.2, 0) is 9.47 Å². The Bertz CT molecular complexity index is 790. The van der Waals surface area contributed by atoms with E-state index < -0.39 is 0 Å². The zero-order valence-electron chi connectivity index (χ0n) is 15.9. The molecule has 0 bridgehead atoms. The first kappa shape index (κ1) is 20.6. The highest BCUT2D eigenvalue weighted by Crippen LogP contribution is 2.25. The van der Waals surface area contributed by atoms with E-state index in [-0.39, 0.29) is 11.8 Å². The van der Waals surface area contributed by atoms with Gasteiger partial charge in [-0.3, -0.25) is 9.59 Å². The van der Waals surface area contributed by atoms with Gasteiger partial charge in [-0.25, -0.2) is 0 Å². The number of hydrogen-bond donors (Lipinski definition) is 2. The Hall–Kier alpha value is -2.70. The molecule has 1 radical (unpaired) electrons. The molecule has 0 atom stereocenters. The molecule has 0 fully saturated rings. The molecule has 143 valence electrons. The van der Waals surface area contributed by atoms with Crippen LogP contribution in [0.3, 0.4) is 0 Å². The second-order valence-corrected chi connectivity index (χ2v) is 5.99. The first-order valence-corrected chi connectivity index (χ1v) is 8.74. The summed E-state index contributed by atoms with van der Waals surface area (Å²) >= 11 is 0. The van der Waals surface area contributed by atoms with E-state index in [1.54, 1.807) is 26.4 Å². The predicted octanol–water partition coefficient (Wildman–Crippen LogP) is 2.21. The number of benzene rings is 2. The van der Waals surface area contributed by atoms with Crippen molar-refractivity contribution in [2.45, 2.75) is 6.92 Å². The lowest BCUT2D eigenvalue weighted by Gasteiger charge is -2.12. The molecule has 0 aliphatic rings. The van der Waals surface area contributed by atoms with E-state index in [2.05, 4.69) is 16.7 Å². The number of amides is 2. The molecule has 0 heterocycles. The predicted molar refractivity (Wildman–Crippen MR) is 104 cm³/mol. The van der Waals surface area contributed by atoms with Gasteiger partial charge in [0.15, 0.2) is 0 Å². The molecular formula is C21H25N2O4. The molecule has 0 aliphatic heterocycles. The lowest BCUT2D eigenvalue weighted by Crippen LogP contribution is -2.28. The number of hydrogen-bond acceptors (Lipinski definition) is 4. The molecule has 2 aromatic rings. The Balaban J connectivity index is 2.23. The highest BCUT2D eigenvalue weighted by Gasteiger charge is 2.15. The van der Waals surface area contributed by atoms with Gasteiger partial charge in [0.2, 0.25) is 0 Å². The van der Waals surface area contributed by atoms with Crippen LogP contribution in [0.5, 0.6) is 0 Å². The van der Waals surface area contributed by atoms with Gasteiger partial charge in [-0.2, -0.15) is 0 Å². The Morgan fingerprint density at radius 2 is 1.67 bits per heavy atom. The summed E-state index contributed by atoms with van der Waals surface area (Å²) in [5.41, 5.74) is 3.51. The molecule has 0 spiro atoms. The number of carbonyl (C=O) groups is 2. The topological polar surface area (TPSA) is 76.7 Å². The van der Waals surface area contributed by atoms with Gasteiger partial charge >= 0.3 is 0 Å². The second kappa shape index (κ2) is 10.4. The minimum absolute atomic E-state index is 0.145. The van der Waals surface area contributed by atoms with Crippen LogP contribution in [0.15, 0.2) is 36.4 Å². The molecule has 6 heteroatoms. The maximum absolute atomic E-state index is 12.4. The number of ether oxygens (including phenoxy) is 2. The van der Waals surface area contributed by atoms with Gasteiger partial charge in [0.1, 0.15) is 0 Å². The molecule has 0 aliphatic carbocycles. The molecule has 0 saturated carbocycles. The fourth-order valence-electron chi connectivity index (χ4n) is 2.67. The quantitative estimate of drug-likeness (QED) is 0.665. The number of rotatable bonds is 9. The van der Waals surface area contributed by atoms with E-state index in [4.69, 9.17) is 9.47 Å². The first-order valence-electron chi connectivity index (χ1n) is 8.74. The SMILES string of the molecule is COCCNC(=O)c1[c]cccc1-c1ccc(C(=O)NCCOC)c(C)c1. The zero-order valence-corrected chi connectivity index (χ0v) is 15.9. The van der Waals surface area contributed by atoms with Crippen LogP contribution in [0.2, 0.25) is 0 Å². The van der Waals surface area contributed by atoms with E-state index >= 15 is 0 Å². The summed E-state index contributed by atoms with van der Waals surface area (Å²) in [6, 6.07) is 13.9. The molecule has 0 aromatic heterocycles. The fourth-order valence-corrected chi connectivity index (χ4v) is 2.67. The normalized spacial score (nSPS) is 10.5. The van der Waals surface area contributed by atoms with Gasteiger partial charge in [-0.15, -0.1) is 0 Å². The molecule has 27 heavy (non-hydrogen) atoms. The van der Waals surface area contributed by atoms with Crippen LogP contribution >= 0.6 is 0 Å².